The molecule has 23 heavy (non-hydrogen) atoms. The number of carbonyl (C=O) groups is 1. The van der Waals surface area contributed by atoms with E-state index >= 15 is 0 Å². The molecule has 0 aliphatic heterocycles. The first-order valence-electron chi connectivity index (χ1n) is 6.57. The maximum atomic E-state index is 14.2. The Bertz CT molecular complexity index is 812. The second kappa shape index (κ2) is 6.80. The largest absolute Gasteiger partial charge is 0.324 e. The number of hydrogen-bond donors (Lipinski definition) is 1. The first-order chi connectivity index (χ1) is 10.8. The quantitative estimate of drug-likeness (QED) is 0.778. The van der Waals surface area contributed by atoms with Crippen molar-refractivity contribution in [1.82, 2.24) is 9.97 Å². The monoisotopic (exact) mass is 338 g/mol. The van der Waals surface area contributed by atoms with Crippen LogP contribution in [0, 0.1) is 5.82 Å². The standard InChI is InChI=1S/C14H15FN4O3S/c1-23(21,22)19(12-6-17-9-18-7-12)8-11-3-2-10(4-13(11)15)14(20)5-16/h2-4,6-7,9H,5,8,16H2,1H3. The molecule has 2 aromatic rings. The lowest BCUT2D eigenvalue weighted by atomic mass is 10.1. The average Bonchev–Trinajstić information content (AvgIpc) is 2.52. The van der Waals surface area contributed by atoms with Crippen LogP contribution < -0.4 is 10.0 Å². The predicted octanol–water partition coefficient (Wildman–Crippen LogP) is 0.723. The van der Waals surface area contributed by atoms with Crippen molar-refractivity contribution in [2.75, 3.05) is 17.1 Å². The molecule has 1 heterocycles. The molecule has 9 heteroatoms. The van der Waals surface area contributed by atoms with Crippen LogP contribution in [0.25, 0.3) is 0 Å². The fourth-order valence-electron chi connectivity index (χ4n) is 1.94. The Kier molecular flexibility index (Phi) is 5.02. The number of hydrogen-bond acceptors (Lipinski definition) is 6. The summed E-state index contributed by atoms with van der Waals surface area (Å²) >= 11 is 0. The molecular formula is C14H15FN4O3S. The van der Waals surface area contributed by atoms with E-state index in [0.717, 1.165) is 16.6 Å². The molecule has 0 bridgehead atoms. The Morgan fingerprint density at radius 3 is 2.48 bits per heavy atom. The van der Waals surface area contributed by atoms with E-state index in [2.05, 4.69) is 9.97 Å². The molecule has 1 aromatic heterocycles. The van der Waals surface area contributed by atoms with Crippen LogP contribution in [-0.2, 0) is 16.6 Å². The maximum Gasteiger partial charge on any atom is 0.232 e. The molecular weight excluding hydrogens is 323 g/mol. The number of rotatable bonds is 6. The van der Waals surface area contributed by atoms with Crippen molar-refractivity contribution in [2.45, 2.75) is 6.54 Å². The van der Waals surface area contributed by atoms with E-state index in [1.54, 1.807) is 0 Å². The zero-order valence-electron chi connectivity index (χ0n) is 12.3. The lowest BCUT2D eigenvalue weighted by molar-refractivity contribution is 0.100. The van der Waals surface area contributed by atoms with Crippen LogP contribution in [0.2, 0.25) is 0 Å². The number of nitrogens with zero attached hydrogens (tertiary/aromatic N) is 3. The van der Waals surface area contributed by atoms with E-state index in [-0.39, 0.29) is 29.9 Å². The summed E-state index contributed by atoms with van der Waals surface area (Å²) in [4.78, 5) is 19.0. The Morgan fingerprint density at radius 1 is 1.30 bits per heavy atom. The zero-order chi connectivity index (χ0) is 17.0. The Morgan fingerprint density at radius 2 is 1.96 bits per heavy atom. The highest BCUT2D eigenvalue weighted by molar-refractivity contribution is 7.92. The number of ketones is 1. The maximum absolute atomic E-state index is 14.2. The molecule has 1 aromatic carbocycles. The summed E-state index contributed by atoms with van der Waals surface area (Å²) in [7, 11) is -3.66. The number of Topliss-reactive ketones (excluding diaryl/α,β-unsaturated/α-hetero) is 1. The normalized spacial score (nSPS) is 11.3. The molecule has 0 aliphatic carbocycles. The summed E-state index contributed by atoms with van der Waals surface area (Å²) in [5.74, 6) is -1.08. The van der Waals surface area contributed by atoms with E-state index in [9.17, 15) is 17.6 Å². The van der Waals surface area contributed by atoms with Crippen molar-refractivity contribution in [1.29, 1.82) is 0 Å². The van der Waals surface area contributed by atoms with E-state index in [4.69, 9.17) is 5.73 Å². The Labute approximate surface area is 133 Å². The fraction of sp³-hybridized carbons (Fsp3) is 0.214. The van der Waals surface area contributed by atoms with Crippen LogP contribution in [0.5, 0.6) is 0 Å². The topological polar surface area (TPSA) is 106 Å². The Balaban J connectivity index is 2.36. The summed E-state index contributed by atoms with van der Waals surface area (Å²) in [5, 5.41) is 0. The van der Waals surface area contributed by atoms with Crippen molar-refractivity contribution >= 4 is 21.5 Å². The van der Waals surface area contributed by atoms with Gasteiger partial charge in [-0.05, 0) is 6.07 Å². The van der Waals surface area contributed by atoms with Crippen molar-refractivity contribution < 1.29 is 17.6 Å². The van der Waals surface area contributed by atoms with Gasteiger partial charge in [-0.3, -0.25) is 9.10 Å². The van der Waals surface area contributed by atoms with Crippen LogP contribution >= 0.6 is 0 Å². The second-order valence-electron chi connectivity index (χ2n) is 4.80. The highest BCUT2D eigenvalue weighted by Gasteiger charge is 2.20. The molecule has 122 valence electrons. The highest BCUT2D eigenvalue weighted by atomic mass is 32.2. The number of sulfonamides is 1. The minimum Gasteiger partial charge on any atom is -0.324 e. The van der Waals surface area contributed by atoms with Crippen molar-refractivity contribution in [2.24, 2.45) is 5.73 Å². The second-order valence-corrected chi connectivity index (χ2v) is 6.71. The average molecular weight is 338 g/mol. The lowest BCUT2D eigenvalue weighted by Crippen LogP contribution is -2.30. The number of halogens is 1. The lowest BCUT2D eigenvalue weighted by Gasteiger charge is -2.22. The summed E-state index contributed by atoms with van der Waals surface area (Å²) in [6, 6.07) is 3.82. The van der Waals surface area contributed by atoms with Crippen LogP contribution in [0.15, 0.2) is 36.9 Å². The number of aromatic nitrogens is 2. The smallest absolute Gasteiger partial charge is 0.232 e. The molecule has 0 radical (unpaired) electrons. The van der Waals surface area contributed by atoms with Gasteiger partial charge in [0.1, 0.15) is 12.1 Å². The molecule has 7 nitrogen and oxygen atoms in total. The first-order valence-corrected chi connectivity index (χ1v) is 8.42. The molecule has 2 rings (SSSR count). The zero-order valence-corrected chi connectivity index (χ0v) is 13.1. The predicted molar refractivity (Wildman–Crippen MR) is 82.8 cm³/mol. The van der Waals surface area contributed by atoms with Crippen LogP contribution in [0.4, 0.5) is 10.1 Å². The number of benzene rings is 1. The summed E-state index contributed by atoms with van der Waals surface area (Å²) < 4.78 is 39.0. The number of nitrogens with two attached hydrogens (primary N) is 1. The molecule has 0 fully saturated rings. The molecule has 0 unspecified atom stereocenters. The van der Waals surface area contributed by atoms with Gasteiger partial charge in [0.25, 0.3) is 0 Å². The third-order valence-electron chi connectivity index (χ3n) is 3.11. The van der Waals surface area contributed by atoms with Crippen molar-refractivity contribution in [3.05, 3.63) is 53.9 Å². The van der Waals surface area contributed by atoms with Crippen LogP contribution in [0.1, 0.15) is 15.9 Å². The van der Waals surface area contributed by atoms with Crippen molar-refractivity contribution in [3.63, 3.8) is 0 Å². The van der Waals surface area contributed by atoms with Gasteiger partial charge in [-0.15, -0.1) is 0 Å². The SMILES string of the molecule is CS(=O)(=O)N(Cc1ccc(C(=O)CN)cc1F)c1cncnc1. The van der Waals surface area contributed by atoms with Gasteiger partial charge in [-0.1, -0.05) is 12.1 Å². The number of carbonyl (C=O) groups excluding carboxylic acids is 1. The van der Waals surface area contributed by atoms with Crippen molar-refractivity contribution in [3.8, 4) is 0 Å². The van der Waals surface area contributed by atoms with E-state index in [1.165, 1.54) is 30.9 Å². The van der Waals surface area contributed by atoms with Gasteiger partial charge in [0.2, 0.25) is 10.0 Å². The van der Waals surface area contributed by atoms with Gasteiger partial charge in [-0.25, -0.2) is 22.8 Å². The summed E-state index contributed by atoms with van der Waals surface area (Å²) in [6.07, 6.45) is 4.90. The van der Waals surface area contributed by atoms with Gasteiger partial charge in [0, 0.05) is 11.1 Å². The number of anilines is 1. The van der Waals surface area contributed by atoms with Gasteiger partial charge < -0.3 is 5.73 Å². The van der Waals surface area contributed by atoms with E-state index in [0.29, 0.717) is 0 Å². The molecule has 0 saturated carbocycles. The minimum absolute atomic E-state index is 0.118. The fourth-order valence-corrected chi connectivity index (χ4v) is 2.79. The summed E-state index contributed by atoms with van der Waals surface area (Å²) in [5.41, 5.74) is 5.71. The molecule has 0 spiro atoms. The molecule has 0 atom stereocenters. The van der Waals surface area contributed by atoms with Gasteiger partial charge in [0.15, 0.2) is 5.78 Å². The van der Waals surface area contributed by atoms with Crippen LogP contribution in [0.3, 0.4) is 0 Å². The van der Waals surface area contributed by atoms with E-state index < -0.39 is 21.6 Å². The van der Waals surface area contributed by atoms with Gasteiger partial charge >= 0.3 is 0 Å². The van der Waals surface area contributed by atoms with E-state index in [1.807, 2.05) is 0 Å². The Hall–Kier alpha value is -2.39. The first kappa shape index (κ1) is 17.0. The van der Waals surface area contributed by atoms with Crippen LogP contribution in [-0.4, -0.2) is 37.0 Å². The third-order valence-corrected chi connectivity index (χ3v) is 4.25. The third kappa shape index (κ3) is 4.08. The molecule has 0 amide bonds. The molecule has 0 aliphatic rings. The van der Waals surface area contributed by atoms with Gasteiger partial charge in [0.05, 0.1) is 37.4 Å². The molecule has 2 N–H and O–H groups in total. The van der Waals surface area contributed by atoms with Gasteiger partial charge in [-0.2, -0.15) is 0 Å². The highest BCUT2D eigenvalue weighted by Crippen LogP contribution is 2.20. The molecule has 0 saturated heterocycles. The summed E-state index contributed by atoms with van der Waals surface area (Å²) in [6.45, 7) is -0.468. The minimum atomic E-state index is -3.66.